The van der Waals surface area contributed by atoms with Gasteiger partial charge in [-0.25, -0.2) is 4.39 Å². The van der Waals surface area contributed by atoms with Gasteiger partial charge in [-0.2, -0.15) is 0 Å². The zero-order chi connectivity index (χ0) is 15.2. The Kier molecular flexibility index (Phi) is 5.56. The minimum Gasteiger partial charge on any atom is -0.339 e. The Bertz CT molecular complexity index is 499. The maximum Gasteiger partial charge on any atom is 0.253 e. The van der Waals surface area contributed by atoms with Gasteiger partial charge in [-0.1, -0.05) is 0 Å². The number of hydrogen-bond acceptors (Lipinski definition) is 2. The minimum atomic E-state index is -0.360. The van der Waals surface area contributed by atoms with Gasteiger partial charge in [-0.3, -0.25) is 9.59 Å². The van der Waals surface area contributed by atoms with Crippen molar-refractivity contribution in [2.45, 2.75) is 12.8 Å². The molecule has 4 nitrogen and oxygen atoms in total. The van der Waals surface area contributed by atoms with Crippen LogP contribution in [0.3, 0.4) is 0 Å². The molecule has 0 aromatic heterocycles. The first-order valence-electron chi connectivity index (χ1n) is 7.00. The van der Waals surface area contributed by atoms with Crippen LogP contribution in [-0.2, 0) is 4.79 Å². The maximum absolute atomic E-state index is 12.9. The number of alkyl halides is 1. The summed E-state index contributed by atoms with van der Waals surface area (Å²) in [5, 5.41) is 0. The number of piperazine rings is 1. The third-order valence-corrected chi connectivity index (χ3v) is 3.80. The number of nitrogens with zero attached hydrogens (tertiary/aromatic N) is 2. The lowest BCUT2D eigenvalue weighted by molar-refractivity contribution is -0.132. The quantitative estimate of drug-likeness (QED) is 0.799. The molecule has 0 radical (unpaired) electrons. The van der Waals surface area contributed by atoms with E-state index in [1.807, 2.05) is 0 Å². The van der Waals surface area contributed by atoms with Gasteiger partial charge < -0.3 is 9.80 Å². The van der Waals surface area contributed by atoms with E-state index in [4.69, 9.17) is 11.6 Å². The Morgan fingerprint density at radius 1 is 1.05 bits per heavy atom. The van der Waals surface area contributed by atoms with Crippen molar-refractivity contribution in [2.24, 2.45) is 0 Å². The summed E-state index contributed by atoms with van der Waals surface area (Å²) in [5.74, 6) is 0.0861. The van der Waals surface area contributed by atoms with Crippen LogP contribution in [0.2, 0.25) is 0 Å². The lowest BCUT2D eigenvalue weighted by atomic mass is 10.1. The molecule has 0 bridgehead atoms. The Morgan fingerprint density at radius 2 is 1.62 bits per heavy atom. The van der Waals surface area contributed by atoms with Gasteiger partial charge in [0.1, 0.15) is 5.82 Å². The van der Waals surface area contributed by atoms with Crippen molar-refractivity contribution in [1.29, 1.82) is 0 Å². The monoisotopic (exact) mass is 312 g/mol. The summed E-state index contributed by atoms with van der Waals surface area (Å²) in [5.41, 5.74) is 0.471. The third-order valence-electron chi connectivity index (χ3n) is 3.54. The van der Waals surface area contributed by atoms with Gasteiger partial charge in [0.15, 0.2) is 0 Å². The van der Waals surface area contributed by atoms with Crippen LogP contribution in [0.4, 0.5) is 4.39 Å². The van der Waals surface area contributed by atoms with Gasteiger partial charge in [0.25, 0.3) is 5.91 Å². The summed E-state index contributed by atoms with van der Waals surface area (Å²) < 4.78 is 12.9. The molecule has 1 aromatic carbocycles. The molecule has 21 heavy (non-hydrogen) atoms. The number of carbonyl (C=O) groups is 2. The Labute approximate surface area is 128 Å². The number of benzene rings is 1. The van der Waals surface area contributed by atoms with E-state index in [-0.39, 0.29) is 17.6 Å². The molecule has 0 atom stereocenters. The van der Waals surface area contributed by atoms with Crippen molar-refractivity contribution in [1.82, 2.24) is 9.80 Å². The first kappa shape index (κ1) is 15.8. The average Bonchev–Trinajstić information content (AvgIpc) is 2.53. The van der Waals surface area contributed by atoms with Gasteiger partial charge in [0.2, 0.25) is 5.91 Å². The van der Waals surface area contributed by atoms with Crippen molar-refractivity contribution in [2.75, 3.05) is 32.1 Å². The van der Waals surface area contributed by atoms with E-state index >= 15 is 0 Å². The number of rotatable bonds is 4. The minimum absolute atomic E-state index is 0.0875. The molecule has 0 spiro atoms. The van der Waals surface area contributed by atoms with E-state index in [1.165, 1.54) is 24.3 Å². The number of halogens is 2. The number of carbonyl (C=O) groups excluding carboxylic acids is 2. The smallest absolute Gasteiger partial charge is 0.253 e. The van der Waals surface area contributed by atoms with Crippen molar-refractivity contribution >= 4 is 23.4 Å². The largest absolute Gasteiger partial charge is 0.339 e. The van der Waals surface area contributed by atoms with Gasteiger partial charge >= 0.3 is 0 Å². The van der Waals surface area contributed by atoms with Crippen LogP contribution >= 0.6 is 11.6 Å². The highest BCUT2D eigenvalue weighted by Gasteiger charge is 2.24. The van der Waals surface area contributed by atoms with E-state index in [2.05, 4.69) is 0 Å². The first-order valence-corrected chi connectivity index (χ1v) is 7.54. The Morgan fingerprint density at radius 3 is 2.19 bits per heavy atom. The second-order valence-electron chi connectivity index (χ2n) is 4.97. The van der Waals surface area contributed by atoms with Crippen molar-refractivity contribution in [3.8, 4) is 0 Å². The molecule has 1 saturated heterocycles. The lowest BCUT2D eigenvalue weighted by Gasteiger charge is -2.34. The highest BCUT2D eigenvalue weighted by Crippen LogP contribution is 2.11. The normalized spacial score (nSPS) is 15.1. The van der Waals surface area contributed by atoms with E-state index in [1.54, 1.807) is 9.80 Å². The molecular weight excluding hydrogens is 295 g/mol. The highest BCUT2D eigenvalue weighted by molar-refractivity contribution is 6.17. The number of hydrogen-bond donors (Lipinski definition) is 0. The summed E-state index contributed by atoms with van der Waals surface area (Å²) in [4.78, 5) is 27.6. The van der Waals surface area contributed by atoms with Gasteiger partial charge in [0, 0.05) is 44.0 Å². The zero-order valence-electron chi connectivity index (χ0n) is 11.7. The topological polar surface area (TPSA) is 40.6 Å². The lowest BCUT2D eigenvalue weighted by Crippen LogP contribution is -2.50. The van der Waals surface area contributed by atoms with E-state index < -0.39 is 0 Å². The summed E-state index contributed by atoms with van der Waals surface area (Å²) in [6.45, 7) is 2.08. The molecule has 0 saturated carbocycles. The van der Waals surface area contributed by atoms with Crippen LogP contribution in [0.15, 0.2) is 24.3 Å². The summed E-state index contributed by atoms with van der Waals surface area (Å²) >= 11 is 5.58. The molecule has 1 aliphatic heterocycles. The standard InChI is InChI=1S/C15H18ClFN2O2/c16-7-1-2-14(20)18-8-10-19(11-9-18)15(21)12-3-5-13(17)6-4-12/h3-6H,1-2,7-11H2. The first-order chi connectivity index (χ1) is 10.1. The fraction of sp³-hybridized carbons (Fsp3) is 0.467. The van der Waals surface area contributed by atoms with Gasteiger partial charge in [-0.05, 0) is 30.7 Å². The zero-order valence-corrected chi connectivity index (χ0v) is 12.5. The van der Waals surface area contributed by atoms with Crippen LogP contribution in [0.25, 0.3) is 0 Å². The second-order valence-corrected chi connectivity index (χ2v) is 5.35. The molecule has 0 unspecified atom stereocenters. The highest BCUT2D eigenvalue weighted by atomic mass is 35.5. The molecule has 1 heterocycles. The predicted octanol–water partition coefficient (Wildman–Crippen LogP) is 2.13. The van der Waals surface area contributed by atoms with Gasteiger partial charge in [0.05, 0.1) is 0 Å². The van der Waals surface area contributed by atoms with Crippen molar-refractivity contribution in [3.63, 3.8) is 0 Å². The van der Waals surface area contributed by atoms with Crippen LogP contribution in [0, 0.1) is 5.82 Å². The van der Waals surface area contributed by atoms with Crippen LogP contribution < -0.4 is 0 Å². The number of amides is 2. The predicted molar refractivity (Wildman–Crippen MR) is 78.8 cm³/mol. The molecule has 1 fully saturated rings. The molecular formula is C15H18ClFN2O2. The fourth-order valence-electron chi connectivity index (χ4n) is 2.31. The molecule has 6 heteroatoms. The molecule has 2 amide bonds. The average molecular weight is 313 g/mol. The van der Waals surface area contributed by atoms with E-state index in [0.717, 1.165) is 0 Å². The third kappa shape index (κ3) is 4.17. The Balaban J connectivity index is 1.87. The van der Waals surface area contributed by atoms with Crippen molar-refractivity contribution in [3.05, 3.63) is 35.6 Å². The second kappa shape index (κ2) is 7.41. The molecule has 0 N–H and O–H groups in total. The molecule has 0 aliphatic carbocycles. The van der Waals surface area contributed by atoms with E-state index in [9.17, 15) is 14.0 Å². The summed E-state index contributed by atoms with van der Waals surface area (Å²) in [6, 6.07) is 5.52. The van der Waals surface area contributed by atoms with Crippen LogP contribution in [0.1, 0.15) is 23.2 Å². The SMILES string of the molecule is O=C(CCCCl)N1CCN(C(=O)c2ccc(F)cc2)CC1. The molecule has 1 aliphatic rings. The fourth-order valence-corrected chi connectivity index (χ4v) is 2.44. The van der Waals surface area contributed by atoms with Crippen LogP contribution in [0.5, 0.6) is 0 Å². The maximum atomic E-state index is 12.9. The summed E-state index contributed by atoms with van der Waals surface area (Å²) in [7, 11) is 0. The molecule has 1 aromatic rings. The van der Waals surface area contributed by atoms with E-state index in [0.29, 0.717) is 50.5 Å². The van der Waals surface area contributed by atoms with Crippen LogP contribution in [-0.4, -0.2) is 53.7 Å². The molecule has 2 rings (SSSR count). The summed E-state index contributed by atoms with van der Waals surface area (Å²) in [6.07, 6.45) is 1.13. The molecule has 114 valence electrons. The van der Waals surface area contributed by atoms with Crippen molar-refractivity contribution < 1.29 is 14.0 Å². The van der Waals surface area contributed by atoms with Gasteiger partial charge in [-0.15, -0.1) is 11.6 Å². The Hall–Kier alpha value is -1.62.